The summed E-state index contributed by atoms with van der Waals surface area (Å²) in [5.74, 6) is 1.76. The minimum atomic E-state index is -4.50. The van der Waals surface area contributed by atoms with Crippen LogP contribution in [0.3, 0.4) is 0 Å². The van der Waals surface area contributed by atoms with Gasteiger partial charge < -0.3 is 24.0 Å². The quantitative estimate of drug-likeness (QED) is 0.723. The molecule has 0 N–H and O–H groups in total. The van der Waals surface area contributed by atoms with E-state index in [0.717, 1.165) is 12.3 Å². The largest absolute Gasteiger partial charge is 0.484 e. The van der Waals surface area contributed by atoms with Crippen LogP contribution in [0, 0.1) is 0 Å². The number of rotatable bonds is 4. The number of pyridine rings is 1. The molecule has 0 bridgehead atoms. The lowest BCUT2D eigenvalue weighted by molar-refractivity contribution is -0.138. The molecule has 1 fully saturated rings. The summed E-state index contributed by atoms with van der Waals surface area (Å²) in [5.41, 5.74) is -0.897. The molecule has 0 radical (unpaired) electrons. The number of amides is 1. The number of halogens is 4. The Morgan fingerprint density at radius 1 is 1.13 bits per heavy atom. The number of anilines is 1. The zero-order valence-corrected chi connectivity index (χ0v) is 16.4. The number of fused-ring (bicyclic) bond motifs is 1. The van der Waals surface area contributed by atoms with Crippen LogP contribution in [0.4, 0.5) is 19.0 Å². The molecule has 2 aromatic rings. The number of aromatic nitrogens is 1. The molecule has 1 aromatic carbocycles. The van der Waals surface area contributed by atoms with Crippen LogP contribution in [-0.4, -0.2) is 55.4 Å². The number of carbonyl (C=O) groups is 1. The first-order chi connectivity index (χ1) is 14.3. The first-order valence-electron chi connectivity index (χ1n) is 9.09. The van der Waals surface area contributed by atoms with Crippen LogP contribution in [0.2, 0.25) is 5.02 Å². The van der Waals surface area contributed by atoms with Crippen LogP contribution in [0.15, 0.2) is 30.5 Å². The predicted octanol–water partition coefficient (Wildman–Crippen LogP) is 3.21. The third-order valence-electron chi connectivity index (χ3n) is 4.79. The van der Waals surface area contributed by atoms with Crippen molar-refractivity contribution in [3.8, 4) is 17.2 Å². The molecule has 160 valence electrons. The molecule has 4 rings (SSSR count). The lowest BCUT2D eigenvalue weighted by Gasteiger charge is -2.35. The van der Waals surface area contributed by atoms with E-state index in [1.54, 1.807) is 28.0 Å². The minimum Gasteiger partial charge on any atom is -0.484 e. The van der Waals surface area contributed by atoms with Crippen LogP contribution in [0.1, 0.15) is 5.56 Å². The second-order valence-electron chi connectivity index (χ2n) is 6.70. The number of alkyl halides is 3. The molecule has 2 aliphatic rings. The maximum absolute atomic E-state index is 12.8. The summed E-state index contributed by atoms with van der Waals surface area (Å²) in [5, 5.41) is -0.0734. The first-order valence-corrected chi connectivity index (χ1v) is 9.47. The number of benzene rings is 1. The molecule has 0 spiro atoms. The van der Waals surface area contributed by atoms with Gasteiger partial charge in [0.1, 0.15) is 11.6 Å². The number of ether oxygens (including phenoxy) is 3. The van der Waals surface area contributed by atoms with E-state index < -0.39 is 11.7 Å². The van der Waals surface area contributed by atoms with E-state index in [9.17, 15) is 18.0 Å². The fourth-order valence-electron chi connectivity index (χ4n) is 3.19. The highest BCUT2D eigenvalue weighted by molar-refractivity contribution is 6.33. The van der Waals surface area contributed by atoms with Crippen molar-refractivity contribution in [2.45, 2.75) is 6.18 Å². The average molecular weight is 444 g/mol. The Hall–Kier alpha value is -2.88. The van der Waals surface area contributed by atoms with Crippen molar-refractivity contribution in [1.29, 1.82) is 0 Å². The molecule has 7 nitrogen and oxygen atoms in total. The predicted molar refractivity (Wildman–Crippen MR) is 101 cm³/mol. The van der Waals surface area contributed by atoms with Gasteiger partial charge in [0.15, 0.2) is 18.1 Å². The first kappa shape index (κ1) is 20.4. The van der Waals surface area contributed by atoms with Crippen molar-refractivity contribution in [3.05, 3.63) is 41.0 Å². The fourth-order valence-corrected chi connectivity index (χ4v) is 3.47. The van der Waals surface area contributed by atoms with Crippen molar-refractivity contribution in [1.82, 2.24) is 9.88 Å². The maximum Gasteiger partial charge on any atom is 0.417 e. The minimum absolute atomic E-state index is 0.0734. The van der Waals surface area contributed by atoms with Gasteiger partial charge in [-0.3, -0.25) is 4.79 Å². The van der Waals surface area contributed by atoms with Gasteiger partial charge in [0.2, 0.25) is 6.79 Å². The molecule has 1 aromatic heterocycles. The lowest BCUT2D eigenvalue weighted by Crippen LogP contribution is -2.50. The summed E-state index contributed by atoms with van der Waals surface area (Å²) in [4.78, 5) is 19.7. The monoisotopic (exact) mass is 443 g/mol. The normalized spacial score (nSPS) is 16.0. The summed E-state index contributed by atoms with van der Waals surface area (Å²) in [6, 6.07) is 5.92. The van der Waals surface area contributed by atoms with Crippen LogP contribution in [0.5, 0.6) is 17.2 Å². The van der Waals surface area contributed by atoms with Crippen LogP contribution in [0.25, 0.3) is 0 Å². The molecule has 0 unspecified atom stereocenters. The summed E-state index contributed by atoms with van der Waals surface area (Å²) in [7, 11) is 0. The third-order valence-corrected chi connectivity index (χ3v) is 5.07. The Morgan fingerprint density at radius 2 is 1.87 bits per heavy atom. The zero-order valence-electron chi connectivity index (χ0n) is 15.6. The van der Waals surface area contributed by atoms with Crippen LogP contribution < -0.4 is 19.1 Å². The fraction of sp³-hybridized carbons (Fsp3) is 0.368. The van der Waals surface area contributed by atoms with E-state index in [2.05, 4.69) is 4.98 Å². The second-order valence-corrected chi connectivity index (χ2v) is 7.11. The standard InChI is InChI=1S/C19H17ClF3N3O4/c20-14-7-12(19(21,22)23)9-24-18(14)26-5-3-25(4-6-26)17(27)10-28-13-1-2-15-16(8-13)30-11-29-15/h1-2,7-9H,3-6,10-11H2. The Kier molecular flexibility index (Phi) is 5.50. The molecule has 3 heterocycles. The lowest BCUT2D eigenvalue weighted by atomic mass is 10.2. The number of hydrogen-bond donors (Lipinski definition) is 0. The molecule has 0 aliphatic carbocycles. The molecule has 0 atom stereocenters. The molecule has 2 aliphatic heterocycles. The van der Waals surface area contributed by atoms with E-state index in [0.29, 0.717) is 43.4 Å². The van der Waals surface area contributed by atoms with E-state index in [4.69, 9.17) is 25.8 Å². The average Bonchev–Trinajstić information content (AvgIpc) is 3.19. The molecule has 1 amide bonds. The van der Waals surface area contributed by atoms with E-state index >= 15 is 0 Å². The molecular formula is C19H17ClF3N3O4. The van der Waals surface area contributed by atoms with Crippen LogP contribution in [-0.2, 0) is 11.0 Å². The zero-order chi connectivity index (χ0) is 21.3. The van der Waals surface area contributed by atoms with E-state index in [-0.39, 0.29) is 30.1 Å². The summed E-state index contributed by atoms with van der Waals surface area (Å²) >= 11 is 6.00. The smallest absolute Gasteiger partial charge is 0.417 e. The Balaban J connectivity index is 1.30. The van der Waals surface area contributed by atoms with Crippen molar-refractivity contribution in [2.75, 3.05) is 44.5 Å². The summed E-state index contributed by atoms with van der Waals surface area (Å²) in [6.45, 7) is 1.56. The number of nitrogens with zero attached hydrogens (tertiary/aromatic N) is 3. The highest BCUT2D eigenvalue weighted by atomic mass is 35.5. The third kappa shape index (κ3) is 4.33. The van der Waals surface area contributed by atoms with E-state index in [1.165, 1.54) is 0 Å². The van der Waals surface area contributed by atoms with Gasteiger partial charge in [-0.2, -0.15) is 13.2 Å². The SMILES string of the molecule is O=C(COc1ccc2c(c1)OCO2)N1CCN(c2ncc(C(F)(F)F)cc2Cl)CC1. The second kappa shape index (κ2) is 8.10. The van der Waals surface area contributed by atoms with Gasteiger partial charge in [0.05, 0.1) is 10.6 Å². The van der Waals surface area contributed by atoms with Gasteiger partial charge in [0, 0.05) is 38.4 Å². The number of carbonyl (C=O) groups excluding carboxylic acids is 1. The molecule has 11 heteroatoms. The van der Waals surface area contributed by atoms with Gasteiger partial charge >= 0.3 is 6.18 Å². The molecule has 0 saturated carbocycles. The Bertz CT molecular complexity index is 949. The van der Waals surface area contributed by atoms with Gasteiger partial charge in [-0.25, -0.2) is 4.98 Å². The molecule has 30 heavy (non-hydrogen) atoms. The van der Waals surface area contributed by atoms with Gasteiger partial charge in [-0.05, 0) is 18.2 Å². The van der Waals surface area contributed by atoms with Crippen molar-refractivity contribution in [3.63, 3.8) is 0 Å². The number of hydrogen-bond acceptors (Lipinski definition) is 6. The maximum atomic E-state index is 12.8. The van der Waals surface area contributed by atoms with E-state index in [1.807, 2.05) is 0 Å². The highest BCUT2D eigenvalue weighted by Gasteiger charge is 2.32. The summed E-state index contributed by atoms with van der Waals surface area (Å²) < 4.78 is 54.3. The molecular weight excluding hydrogens is 427 g/mol. The topological polar surface area (TPSA) is 64.1 Å². The van der Waals surface area contributed by atoms with Crippen molar-refractivity contribution >= 4 is 23.3 Å². The molecule has 1 saturated heterocycles. The van der Waals surface area contributed by atoms with Crippen molar-refractivity contribution in [2.24, 2.45) is 0 Å². The van der Waals surface area contributed by atoms with Crippen LogP contribution >= 0.6 is 11.6 Å². The summed E-state index contributed by atoms with van der Waals surface area (Å²) in [6.07, 6.45) is -3.74. The van der Waals surface area contributed by atoms with Gasteiger partial charge in [0.25, 0.3) is 5.91 Å². The van der Waals surface area contributed by atoms with Gasteiger partial charge in [-0.1, -0.05) is 11.6 Å². The highest BCUT2D eigenvalue weighted by Crippen LogP contribution is 2.35. The van der Waals surface area contributed by atoms with Crippen molar-refractivity contribution < 1.29 is 32.2 Å². The Morgan fingerprint density at radius 3 is 2.57 bits per heavy atom. The Labute approximate surface area is 174 Å². The van der Waals surface area contributed by atoms with Gasteiger partial charge in [-0.15, -0.1) is 0 Å². The number of piperazine rings is 1.